The van der Waals surface area contributed by atoms with Crippen molar-refractivity contribution in [3.8, 4) is 12.3 Å². The summed E-state index contributed by atoms with van der Waals surface area (Å²) in [5.74, 6) is 7.87. The lowest BCUT2D eigenvalue weighted by Gasteiger charge is -2.56. The Balaban J connectivity index is 1.78. The van der Waals surface area contributed by atoms with Gasteiger partial charge in [-0.3, -0.25) is 0 Å². The molecule has 1 heteroatoms. The second-order valence-corrected chi connectivity index (χ2v) is 6.31. The van der Waals surface area contributed by atoms with E-state index in [4.69, 9.17) is 6.42 Å². The van der Waals surface area contributed by atoms with Gasteiger partial charge in [0.1, 0.15) is 0 Å². The summed E-state index contributed by atoms with van der Waals surface area (Å²) in [5, 5.41) is 3.49. The Morgan fingerprint density at radius 3 is 2.12 bits per heavy atom. The molecule has 1 nitrogen and oxygen atoms in total. The minimum absolute atomic E-state index is 0.583. The fourth-order valence-corrected chi connectivity index (χ4v) is 5.18. The van der Waals surface area contributed by atoms with E-state index in [0.29, 0.717) is 6.04 Å². The van der Waals surface area contributed by atoms with Gasteiger partial charge in [-0.2, -0.15) is 0 Å². The van der Waals surface area contributed by atoms with Crippen molar-refractivity contribution in [3.05, 3.63) is 0 Å². The average molecular weight is 217 g/mol. The van der Waals surface area contributed by atoms with Crippen molar-refractivity contribution in [2.45, 2.75) is 44.6 Å². The third-order valence-electron chi connectivity index (χ3n) is 5.47. The van der Waals surface area contributed by atoms with Crippen LogP contribution in [-0.4, -0.2) is 13.1 Å². The van der Waals surface area contributed by atoms with Gasteiger partial charge in [-0.25, -0.2) is 0 Å². The standard InChI is InChI=1S/C15H23N/c1-3-4-14(16-2)15-12-6-10-5-11(8-12)9-13(15)7-10/h1,10-16H,4-9H2,2H3. The van der Waals surface area contributed by atoms with E-state index in [1.807, 2.05) is 0 Å². The summed E-state index contributed by atoms with van der Waals surface area (Å²) in [7, 11) is 2.09. The molecule has 0 aromatic heterocycles. The smallest absolute Gasteiger partial charge is 0.0243 e. The van der Waals surface area contributed by atoms with Gasteiger partial charge in [0.15, 0.2) is 0 Å². The van der Waals surface area contributed by atoms with Crippen LogP contribution in [0.2, 0.25) is 0 Å². The summed E-state index contributed by atoms with van der Waals surface area (Å²) in [5.41, 5.74) is 0. The average Bonchev–Trinajstić information content (AvgIpc) is 2.26. The zero-order valence-electron chi connectivity index (χ0n) is 10.3. The molecule has 1 N–H and O–H groups in total. The minimum Gasteiger partial charge on any atom is -0.316 e. The van der Waals surface area contributed by atoms with Crippen LogP contribution < -0.4 is 5.32 Å². The lowest BCUT2D eigenvalue weighted by atomic mass is 9.50. The highest BCUT2D eigenvalue weighted by Crippen LogP contribution is 2.57. The molecule has 4 bridgehead atoms. The first-order chi connectivity index (χ1) is 7.81. The normalized spacial score (nSPS) is 46.6. The molecule has 88 valence electrons. The third-order valence-corrected chi connectivity index (χ3v) is 5.47. The molecule has 4 saturated carbocycles. The van der Waals surface area contributed by atoms with Gasteiger partial charge in [-0.05, 0) is 68.7 Å². The molecule has 4 fully saturated rings. The van der Waals surface area contributed by atoms with Gasteiger partial charge in [0.25, 0.3) is 0 Å². The van der Waals surface area contributed by atoms with Crippen molar-refractivity contribution in [2.24, 2.45) is 29.6 Å². The fourth-order valence-electron chi connectivity index (χ4n) is 5.18. The van der Waals surface area contributed by atoms with Gasteiger partial charge in [-0.15, -0.1) is 12.3 Å². The monoisotopic (exact) mass is 217 g/mol. The number of hydrogen-bond acceptors (Lipinski definition) is 1. The van der Waals surface area contributed by atoms with E-state index in [-0.39, 0.29) is 0 Å². The van der Waals surface area contributed by atoms with Crippen LogP contribution in [0.1, 0.15) is 38.5 Å². The van der Waals surface area contributed by atoms with E-state index >= 15 is 0 Å². The zero-order chi connectivity index (χ0) is 11.1. The van der Waals surface area contributed by atoms with Crippen LogP contribution in [0.4, 0.5) is 0 Å². The van der Waals surface area contributed by atoms with Gasteiger partial charge in [0.2, 0.25) is 0 Å². The number of hydrogen-bond donors (Lipinski definition) is 1. The molecule has 0 heterocycles. The topological polar surface area (TPSA) is 12.0 Å². The first-order valence-electron chi connectivity index (χ1n) is 6.92. The van der Waals surface area contributed by atoms with E-state index in [9.17, 15) is 0 Å². The summed E-state index contributed by atoms with van der Waals surface area (Å²) >= 11 is 0. The van der Waals surface area contributed by atoms with Crippen molar-refractivity contribution in [1.29, 1.82) is 0 Å². The lowest BCUT2D eigenvalue weighted by Crippen LogP contribution is -2.52. The minimum atomic E-state index is 0.583. The van der Waals surface area contributed by atoms with E-state index < -0.39 is 0 Å². The predicted molar refractivity (Wildman–Crippen MR) is 66.8 cm³/mol. The lowest BCUT2D eigenvalue weighted by molar-refractivity contribution is -0.0501. The highest BCUT2D eigenvalue weighted by Gasteiger charge is 2.49. The largest absolute Gasteiger partial charge is 0.316 e. The molecule has 4 aliphatic rings. The molecule has 1 unspecified atom stereocenters. The molecule has 4 rings (SSSR count). The van der Waals surface area contributed by atoms with E-state index in [2.05, 4.69) is 18.3 Å². The quantitative estimate of drug-likeness (QED) is 0.717. The van der Waals surface area contributed by atoms with Crippen molar-refractivity contribution < 1.29 is 0 Å². The third kappa shape index (κ3) is 1.59. The van der Waals surface area contributed by atoms with Crippen molar-refractivity contribution >= 4 is 0 Å². The number of rotatable bonds is 3. The molecule has 4 aliphatic carbocycles. The highest BCUT2D eigenvalue weighted by molar-refractivity contribution is 5.04. The molecule has 1 atom stereocenters. The van der Waals surface area contributed by atoms with Crippen molar-refractivity contribution in [1.82, 2.24) is 5.32 Å². The molecule has 0 spiro atoms. The van der Waals surface area contributed by atoms with Crippen molar-refractivity contribution in [3.63, 3.8) is 0 Å². The van der Waals surface area contributed by atoms with Crippen LogP contribution in [0.5, 0.6) is 0 Å². The van der Waals surface area contributed by atoms with Crippen LogP contribution in [-0.2, 0) is 0 Å². The van der Waals surface area contributed by atoms with Gasteiger partial charge in [0, 0.05) is 12.5 Å². The molecular weight excluding hydrogens is 194 g/mol. The number of nitrogens with one attached hydrogen (secondary N) is 1. The molecule has 0 aromatic carbocycles. The first-order valence-corrected chi connectivity index (χ1v) is 6.92. The maximum atomic E-state index is 5.51. The molecule has 0 radical (unpaired) electrons. The second kappa shape index (κ2) is 4.08. The SMILES string of the molecule is C#CCC(NC)C1C2CC3CC(C2)CC1C3. The molecule has 0 saturated heterocycles. The van der Waals surface area contributed by atoms with Crippen LogP contribution in [0.15, 0.2) is 0 Å². The van der Waals surface area contributed by atoms with Gasteiger partial charge in [0.05, 0.1) is 0 Å². The van der Waals surface area contributed by atoms with Crippen molar-refractivity contribution in [2.75, 3.05) is 7.05 Å². The Hall–Kier alpha value is -0.480. The fraction of sp³-hybridized carbons (Fsp3) is 0.867. The maximum Gasteiger partial charge on any atom is 0.0243 e. The summed E-state index contributed by atoms with van der Waals surface area (Å²) in [6, 6.07) is 0.583. The molecular formula is C15H23N. The molecule has 0 aliphatic heterocycles. The van der Waals surface area contributed by atoms with Gasteiger partial charge < -0.3 is 5.32 Å². The van der Waals surface area contributed by atoms with E-state index in [0.717, 1.165) is 36.0 Å². The van der Waals surface area contributed by atoms with E-state index in [1.165, 1.54) is 25.7 Å². The Kier molecular flexibility index (Phi) is 2.72. The van der Waals surface area contributed by atoms with Crippen LogP contribution in [0.25, 0.3) is 0 Å². The van der Waals surface area contributed by atoms with Gasteiger partial charge in [-0.1, -0.05) is 0 Å². The molecule has 0 aromatic rings. The number of terminal acetylenes is 1. The van der Waals surface area contributed by atoms with Crippen LogP contribution in [0.3, 0.4) is 0 Å². The summed E-state index contributed by atoms with van der Waals surface area (Å²) in [4.78, 5) is 0. The Morgan fingerprint density at radius 2 is 1.69 bits per heavy atom. The van der Waals surface area contributed by atoms with Crippen LogP contribution >= 0.6 is 0 Å². The molecule has 0 amide bonds. The van der Waals surface area contributed by atoms with E-state index in [1.54, 1.807) is 6.42 Å². The maximum absolute atomic E-state index is 5.51. The second-order valence-electron chi connectivity index (χ2n) is 6.31. The van der Waals surface area contributed by atoms with Gasteiger partial charge >= 0.3 is 0 Å². The Bertz CT molecular complexity index is 273. The summed E-state index contributed by atoms with van der Waals surface area (Å²) < 4.78 is 0. The Morgan fingerprint density at radius 1 is 1.12 bits per heavy atom. The first kappa shape index (κ1) is 10.7. The summed E-state index contributed by atoms with van der Waals surface area (Å²) in [6.07, 6.45) is 14.0. The predicted octanol–water partition coefficient (Wildman–Crippen LogP) is 2.67. The highest BCUT2D eigenvalue weighted by atomic mass is 14.9. The summed E-state index contributed by atoms with van der Waals surface area (Å²) in [6.45, 7) is 0. The Labute approximate surface area is 99.4 Å². The van der Waals surface area contributed by atoms with Crippen LogP contribution in [0, 0.1) is 41.9 Å². The molecule has 16 heavy (non-hydrogen) atoms. The zero-order valence-corrected chi connectivity index (χ0v) is 10.3.